The van der Waals surface area contributed by atoms with Gasteiger partial charge in [-0.05, 0) is 61.1 Å². The summed E-state index contributed by atoms with van der Waals surface area (Å²) in [5, 5.41) is 10.6. The molecular weight excluding hydrogens is 417 g/mol. The van der Waals surface area contributed by atoms with Crippen molar-refractivity contribution >= 4 is 17.4 Å². The number of hydrogen-bond donors (Lipinski definition) is 1. The SMILES string of the molecule is O=C(Nc1cccc(C(F)(F)F)c1)c1ccc(N2CCC(Cc3ccccc3)CC2)nn1. The molecule has 2 heterocycles. The van der Waals surface area contributed by atoms with Crippen LogP contribution in [-0.4, -0.2) is 29.2 Å². The summed E-state index contributed by atoms with van der Waals surface area (Å²) in [5.74, 6) is 0.711. The number of benzene rings is 2. The van der Waals surface area contributed by atoms with Gasteiger partial charge in [-0.15, -0.1) is 10.2 Å². The summed E-state index contributed by atoms with van der Waals surface area (Å²) in [6.45, 7) is 1.73. The Balaban J connectivity index is 1.33. The Morgan fingerprint density at radius 2 is 1.72 bits per heavy atom. The van der Waals surface area contributed by atoms with Gasteiger partial charge in [0.1, 0.15) is 0 Å². The van der Waals surface area contributed by atoms with Gasteiger partial charge in [-0.25, -0.2) is 0 Å². The van der Waals surface area contributed by atoms with E-state index in [2.05, 4.69) is 44.7 Å². The van der Waals surface area contributed by atoms with Gasteiger partial charge in [-0.1, -0.05) is 36.4 Å². The van der Waals surface area contributed by atoms with Crippen LogP contribution in [0.1, 0.15) is 34.5 Å². The third kappa shape index (κ3) is 5.43. The van der Waals surface area contributed by atoms with Crippen molar-refractivity contribution in [1.82, 2.24) is 10.2 Å². The molecule has 5 nitrogen and oxygen atoms in total. The number of carbonyl (C=O) groups excluding carboxylic acids is 1. The summed E-state index contributed by atoms with van der Waals surface area (Å²) in [6, 6.07) is 18.2. The number of amides is 1. The number of aromatic nitrogens is 2. The molecule has 0 atom stereocenters. The first-order valence-electron chi connectivity index (χ1n) is 10.5. The normalized spacial score (nSPS) is 14.9. The maximum absolute atomic E-state index is 12.8. The van der Waals surface area contributed by atoms with Crippen molar-refractivity contribution in [3.63, 3.8) is 0 Å². The molecule has 1 aliphatic heterocycles. The highest BCUT2D eigenvalue weighted by Gasteiger charge is 2.30. The Bertz CT molecular complexity index is 1050. The first-order chi connectivity index (χ1) is 15.4. The number of piperidine rings is 1. The van der Waals surface area contributed by atoms with E-state index < -0.39 is 17.6 Å². The smallest absolute Gasteiger partial charge is 0.355 e. The molecule has 32 heavy (non-hydrogen) atoms. The molecule has 1 N–H and O–H groups in total. The second-order valence-corrected chi connectivity index (χ2v) is 7.93. The highest BCUT2D eigenvalue weighted by Crippen LogP contribution is 2.30. The maximum Gasteiger partial charge on any atom is 0.416 e. The van der Waals surface area contributed by atoms with Crippen molar-refractivity contribution in [2.24, 2.45) is 5.92 Å². The van der Waals surface area contributed by atoms with Crippen molar-refractivity contribution in [2.45, 2.75) is 25.4 Å². The van der Waals surface area contributed by atoms with Crippen molar-refractivity contribution in [1.29, 1.82) is 0 Å². The van der Waals surface area contributed by atoms with E-state index in [0.29, 0.717) is 11.7 Å². The van der Waals surface area contributed by atoms with Gasteiger partial charge < -0.3 is 10.2 Å². The van der Waals surface area contributed by atoms with Crippen LogP contribution in [0.2, 0.25) is 0 Å². The van der Waals surface area contributed by atoms with Crippen LogP contribution in [-0.2, 0) is 12.6 Å². The van der Waals surface area contributed by atoms with Crippen LogP contribution in [0.15, 0.2) is 66.7 Å². The fourth-order valence-electron chi connectivity index (χ4n) is 3.90. The molecule has 4 rings (SSSR count). The second kappa shape index (κ2) is 9.38. The van der Waals surface area contributed by atoms with Crippen molar-refractivity contribution in [2.75, 3.05) is 23.3 Å². The summed E-state index contributed by atoms with van der Waals surface area (Å²) in [6.07, 6.45) is -1.31. The van der Waals surface area contributed by atoms with Crippen molar-refractivity contribution in [3.8, 4) is 0 Å². The predicted octanol–water partition coefficient (Wildman–Crippen LogP) is 5.21. The Morgan fingerprint density at radius 3 is 2.38 bits per heavy atom. The maximum atomic E-state index is 12.8. The first-order valence-corrected chi connectivity index (χ1v) is 10.5. The van der Waals surface area contributed by atoms with Crippen LogP contribution in [0.5, 0.6) is 0 Å². The van der Waals surface area contributed by atoms with Crippen LogP contribution < -0.4 is 10.2 Å². The lowest BCUT2D eigenvalue weighted by atomic mass is 9.90. The highest BCUT2D eigenvalue weighted by atomic mass is 19.4. The largest absolute Gasteiger partial charge is 0.416 e. The third-order valence-electron chi connectivity index (χ3n) is 5.64. The molecule has 0 saturated carbocycles. The topological polar surface area (TPSA) is 58.1 Å². The van der Waals surface area contributed by atoms with E-state index in [4.69, 9.17) is 0 Å². The zero-order valence-electron chi connectivity index (χ0n) is 17.3. The molecule has 1 aliphatic rings. The minimum atomic E-state index is -4.48. The van der Waals surface area contributed by atoms with Gasteiger partial charge in [0.05, 0.1) is 5.56 Å². The van der Waals surface area contributed by atoms with Crippen LogP contribution in [0.4, 0.5) is 24.7 Å². The van der Waals surface area contributed by atoms with E-state index in [1.54, 1.807) is 12.1 Å². The molecule has 1 saturated heterocycles. The molecule has 0 aliphatic carbocycles. The first kappa shape index (κ1) is 21.8. The predicted molar refractivity (Wildman–Crippen MR) is 117 cm³/mol. The van der Waals surface area contributed by atoms with Gasteiger partial charge in [0, 0.05) is 18.8 Å². The van der Waals surface area contributed by atoms with Crippen LogP contribution in [0.25, 0.3) is 0 Å². The summed E-state index contributed by atoms with van der Waals surface area (Å²) in [5.41, 5.74) is 0.621. The lowest BCUT2D eigenvalue weighted by molar-refractivity contribution is -0.137. The fraction of sp³-hybridized carbons (Fsp3) is 0.292. The molecule has 0 bridgehead atoms. The van der Waals surface area contributed by atoms with Gasteiger partial charge in [0.25, 0.3) is 5.91 Å². The number of hydrogen-bond acceptors (Lipinski definition) is 4. The zero-order valence-corrected chi connectivity index (χ0v) is 17.3. The fourth-order valence-corrected chi connectivity index (χ4v) is 3.90. The average Bonchev–Trinajstić information content (AvgIpc) is 2.80. The van der Waals surface area contributed by atoms with Gasteiger partial charge >= 0.3 is 6.18 Å². The van der Waals surface area contributed by atoms with E-state index in [0.717, 1.165) is 44.5 Å². The van der Waals surface area contributed by atoms with Gasteiger partial charge in [0.2, 0.25) is 0 Å². The number of nitrogens with one attached hydrogen (secondary N) is 1. The molecular formula is C24H23F3N4O. The lowest BCUT2D eigenvalue weighted by Crippen LogP contribution is -2.35. The Morgan fingerprint density at radius 1 is 0.969 bits per heavy atom. The van der Waals surface area contributed by atoms with E-state index in [1.165, 1.54) is 17.7 Å². The molecule has 2 aromatic carbocycles. The van der Waals surface area contributed by atoms with Crippen LogP contribution in [0.3, 0.4) is 0 Å². The summed E-state index contributed by atoms with van der Waals surface area (Å²) < 4.78 is 38.5. The number of carbonyl (C=O) groups is 1. The number of anilines is 2. The number of nitrogens with zero attached hydrogens (tertiary/aromatic N) is 3. The Hall–Kier alpha value is -3.42. The minimum absolute atomic E-state index is 0.0464. The summed E-state index contributed by atoms with van der Waals surface area (Å²) in [4.78, 5) is 14.5. The molecule has 0 radical (unpaired) electrons. The quantitative estimate of drug-likeness (QED) is 0.592. The van der Waals surface area contributed by atoms with Crippen molar-refractivity contribution in [3.05, 3.63) is 83.6 Å². The van der Waals surface area contributed by atoms with Crippen LogP contribution >= 0.6 is 0 Å². The molecule has 1 aromatic heterocycles. The average molecular weight is 440 g/mol. The molecule has 3 aromatic rings. The lowest BCUT2D eigenvalue weighted by Gasteiger charge is -2.32. The second-order valence-electron chi connectivity index (χ2n) is 7.93. The monoisotopic (exact) mass is 440 g/mol. The molecule has 8 heteroatoms. The van der Waals surface area contributed by atoms with E-state index in [1.807, 2.05) is 6.07 Å². The number of rotatable bonds is 5. The molecule has 1 fully saturated rings. The molecule has 166 valence electrons. The minimum Gasteiger partial charge on any atom is -0.355 e. The van der Waals surface area contributed by atoms with E-state index >= 15 is 0 Å². The highest BCUT2D eigenvalue weighted by molar-refractivity contribution is 6.02. The van der Waals surface area contributed by atoms with Gasteiger partial charge in [-0.2, -0.15) is 13.2 Å². The summed E-state index contributed by atoms with van der Waals surface area (Å²) in [7, 11) is 0. The Kier molecular flexibility index (Phi) is 6.39. The summed E-state index contributed by atoms with van der Waals surface area (Å²) >= 11 is 0. The zero-order chi connectivity index (χ0) is 22.6. The van der Waals surface area contributed by atoms with Gasteiger partial charge in [0.15, 0.2) is 11.5 Å². The third-order valence-corrected chi connectivity index (χ3v) is 5.64. The number of alkyl halides is 3. The molecule has 1 amide bonds. The van der Waals surface area contributed by atoms with E-state index in [-0.39, 0.29) is 11.4 Å². The van der Waals surface area contributed by atoms with E-state index in [9.17, 15) is 18.0 Å². The Labute approximate surface area is 184 Å². The molecule has 0 spiro atoms. The van der Waals surface area contributed by atoms with Crippen molar-refractivity contribution < 1.29 is 18.0 Å². The number of halogens is 3. The molecule has 0 unspecified atom stereocenters. The van der Waals surface area contributed by atoms with Crippen LogP contribution in [0, 0.1) is 5.92 Å². The van der Waals surface area contributed by atoms with Gasteiger partial charge in [-0.3, -0.25) is 4.79 Å². The standard InChI is InChI=1S/C24H23F3N4O/c25-24(26,27)19-7-4-8-20(16-19)28-23(32)21-9-10-22(30-29-21)31-13-11-18(12-14-31)15-17-5-2-1-3-6-17/h1-10,16,18H,11-15H2,(H,28,32).